The quantitative estimate of drug-likeness (QED) is 0.738. The molecule has 0 bridgehead atoms. The largest absolute Gasteiger partial charge is 0.478 e. The average molecular weight is 384 g/mol. The van der Waals surface area contributed by atoms with Crippen LogP contribution in [0.4, 0.5) is 0 Å². The molecule has 7 nitrogen and oxygen atoms in total. The highest BCUT2D eigenvalue weighted by Crippen LogP contribution is 2.20. The summed E-state index contributed by atoms with van der Waals surface area (Å²) in [5, 5.41) is 12.5. The molecule has 2 N–H and O–H groups in total. The Morgan fingerprint density at radius 1 is 1.52 bits per heavy atom. The molecule has 1 unspecified atom stereocenters. The zero-order valence-electron chi connectivity index (χ0n) is 12.5. The summed E-state index contributed by atoms with van der Waals surface area (Å²) >= 11 is 3.37. The number of fused-ring (bicyclic) bond motifs is 1. The van der Waals surface area contributed by atoms with Crippen molar-refractivity contribution in [3.05, 3.63) is 34.2 Å². The first-order chi connectivity index (χ1) is 11.1. The molecule has 1 saturated heterocycles. The highest BCUT2D eigenvalue weighted by atomic mass is 79.9. The molecular weight excluding hydrogens is 366 g/mol. The Morgan fingerprint density at radius 3 is 3.13 bits per heavy atom. The van der Waals surface area contributed by atoms with Crippen LogP contribution >= 0.6 is 15.9 Å². The van der Waals surface area contributed by atoms with E-state index in [1.54, 1.807) is 22.9 Å². The summed E-state index contributed by atoms with van der Waals surface area (Å²) < 4.78 is 13.4. The summed E-state index contributed by atoms with van der Waals surface area (Å²) in [7, 11) is 0. The molecular formula is C15H18BrN3O4. The minimum atomic E-state index is -0.963. The van der Waals surface area contributed by atoms with Gasteiger partial charge in [0, 0.05) is 12.7 Å². The van der Waals surface area contributed by atoms with Crippen molar-refractivity contribution in [2.45, 2.75) is 19.1 Å². The van der Waals surface area contributed by atoms with Crippen LogP contribution in [0.2, 0.25) is 0 Å². The van der Waals surface area contributed by atoms with Crippen molar-refractivity contribution in [3.63, 3.8) is 0 Å². The van der Waals surface area contributed by atoms with E-state index < -0.39 is 5.97 Å². The lowest BCUT2D eigenvalue weighted by atomic mass is 10.2. The molecule has 0 radical (unpaired) electrons. The Kier molecular flexibility index (Phi) is 5.27. The number of aromatic carboxylic acids is 1. The average Bonchev–Trinajstić information content (AvgIpc) is 2.96. The van der Waals surface area contributed by atoms with E-state index in [4.69, 9.17) is 14.6 Å². The molecule has 1 aliphatic heterocycles. The molecule has 3 heterocycles. The minimum absolute atomic E-state index is 0.145. The number of carboxylic acid groups (broad SMARTS) is 1. The van der Waals surface area contributed by atoms with E-state index in [0.717, 1.165) is 18.7 Å². The Bertz CT molecular complexity index is 697. The highest BCUT2D eigenvalue weighted by Gasteiger charge is 2.14. The molecule has 2 aromatic heterocycles. The summed E-state index contributed by atoms with van der Waals surface area (Å²) in [5.74, 6) is -0.963. The molecule has 8 heteroatoms. The van der Waals surface area contributed by atoms with E-state index in [1.165, 1.54) is 0 Å². The van der Waals surface area contributed by atoms with Gasteiger partial charge in [-0.15, -0.1) is 0 Å². The van der Waals surface area contributed by atoms with E-state index in [0.29, 0.717) is 36.5 Å². The first-order valence-corrected chi connectivity index (χ1v) is 8.23. The summed E-state index contributed by atoms with van der Waals surface area (Å²) in [6.45, 7) is 3.37. The van der Waals surface area contributed by atoms with Crippen LogP contribution in [0.25, 0.3) is 5.65 Å². The molecule has 23 heavy (non-hydrogen) atoms. The van der Waals surface area contributed by atoms with Crippen molar-refractivity contribution in [2.24, 2.45) is 0 Å². The number of carboxylic acids is 1. The number of pyridine rings is 1. The third-order valence-corrected chi connectivity index (χ3v) is 4.30. The lowest BCUT2D eigenvalue weighted by molar-refractivity contribution is -0.0901. The van der Waals surface area contributed by atoms with Crippen LogP contribution in [0.3, 0.4) is 0 Å². The number of nitrogens with one attached hydrogen (secondary N) is 1. The molecule has 0 aromatic carbocycles. The van der Waals surface area contributed by atoms with Gasteiger partial charge in [0.2, 0.25) is 0 Å². The number of nitrogens with zero attached hydrogens (tertiary/aromatic N) is 2. The lowest BCUT2D eigenvalue weighted by Crippen LogP contribution is -2.31. The van der Waals surface area contributed by atoms with Crippen LogP contribution < -0.4 is 5.32 Å². The highest BCUT2D eigenvalue weighted by molar-refractivity contribution is 9.10. The molecule has 1 fully saturated rings. The van der Waals surface area contributed by atoms with Crippen LogP contribution in [0.1, 0.15) is 22.5 Å². The van der Waals surface area contributed by atoms with Crippen molar-refractivity contribution in [2.75, 3.05) is 26.4 Å². The van der Waals surface area contributed by atoms with Crippen LogP contribution in [0.15, 0.2) is 22.9 Å². The van der Waals surface area contributed by atoms with Gasteiger partial charge < -0.3 is 24.3 Å². The fraction of sp³-hybridized carbons (Fsp3) is 0.467. The number of halogens is 1. The van der Waals surface area contributed by atoms with Gasteiger partial charge in [0.15, 0.2) is 5.65 Å². The second kappa shape index (κ2) is 7.39. The number of carbonyl (C=O) groups is 1. The summed E-state index contributed by atoms with van der Waals surface area (Å²) in [5.41, 5.74) is 1.83. The predicted molar refractivity (Wildman–Crippen MR) is 86.7 cm³/mol. The van der Waals surface area contributed by atoms with Gasteiger partial charge in [0.25, 0.3) is 0 Å². The maximum Gasteiger partial charge on any atom is 0.337 e. The Balaban J connectivity index is 1.62. The molecule has 1 atom stereocenters. The molecule has 0 saturated carbocycles. The number of hydrogen-bond acceptors (Lipinski definition) is 5. The van der Waals surface area contributed by atoms with Crippen molar-refractivity contribution in [3.8, 4) is 0 Å². The number of rotatable bonds is 6. The molecule has 0 aliphatic carbocycles. The van der Waals surface area contributed by atoms with Crippen LogP contribution in [0, 0.1) is 0 Å². The van der Waals surface area contributed by atoms with Gasteiger partial charge in [-0.3, -0.25) is 0 Å². The van der Waals surface area contributed by atoms with Crippen molar-refractivity contribution < 1.29 is 19.4 Å². The molecule has 124 valence electrons. The van der Waals surface area contributed by atoms with Crippen LogP contribution in [-0.2, 0) is 16.0 Å². The predicted octanol–water partition coefficient (Wildman–Crippen LogP) is 1.69. The zero-order valence-corrected chi connectivity index (χ0v) is 14.1. The van der Waals surface area contributed by atoms with Gasteiger partial charge in [0.05, 0.1) is 47.9 Å². The van der Waals surface area contributed by atoms with Crippen molar-refractivity contribution in [1.82, 2.24) is 14.7 Å². The van der Waals surface area contributed by atoms with Gasteiger partial charge in [0.1, 0.15) is 0 Å². The number of hydrogen-bond donors (Lipinski definition) is 2. The third-order valence-electron chi connectivity index (χ3n) is 3.72. The minimum Gasteiger partial charge on any atom is -0.478 e. The zero-order chi connectivity index (χ0) is 16.2. The topological polar surface area (TPSA) is 85.1 Å². The number of ether oxygens (including phenoxy) is 2. The summed E-state index contributed by atoms with van der Waals surface area (Å²) in [6.07, 6.45) is 4.36. The normalized spacial score (nSPS) is 18.4. The third kappa shape index (κ3) is 3.89. The second-order valence-electron chi connectivity index (χ2n) is 5.36. The Hall–Kier alpha value is -1.48. The summed E-state index contributed by atoms with van der Waals surface area (Å²) in [4.78, 5) is 15.5. The van der Waals surface area contributed by atoms with Crippen molar-refractivity contribution >= 4 is 27.5 Å². The number of imidazole rings is 1. The standard InChI is InChI=1S/C15H18BrN3O4/c16-13-5-10(15(20)21)8-19-11(7-18-14(13)19)6-17-2-1-12-9-22-3-4-23-12/h5,7-8,12,17H,1-4,6,9H2,(H,20,21). The van der Waals surface area contributed by atoms with E-state index in [9.17, 15) is 4.79 Å². The molecule has 0 amide bonds. The Labute approximate surface area is 141 Å². The van der Waals surface area contributed by atoms with Gasteiger partial charge >= 0.3 is 5.97 Å². The molecule has 3 rings (SSSR count). The number of aromatic nitrogens is 2. The first kappa shape index (κ1) is 16.4. The van der Waals surface area contributed by atoms with E-state index in [2.05, 4.69) is 26.2 Å². The SMILES string of the molecule is O=C(O)c1cc(Br)c2ncc(CNCCC3COCCO3)n2c1. The molecule has 1 aliphatic rings. The van der Waals surface area contributed by atoms with Crippen molar-refractivity contribution in [1.29, 1.82) is 0 Å². The van der Waals surface area contributed by atoms with Gasteiger partial charge in [-0.05, 0) is 35.0 Å². The fourth-order valence-corrected chi connectivity index (χ4v) is 3.06. The van der Waals surface area contributed by atoms with Gasteiger partial charge in [-0.1, -0.05) is 0 Å². The molecule has 2 aromatic rings. The summed E-state index contributed by atoms with van der Waals surface area (Å²) in [6, 6.07) is 1.56. The first-order valence-electron chi connectivity index (χ1n) is 7.44. The van der Waals surface area contributed by atoms with E-state index >= 15 is 0 Å². The van der Waals surface area contributed by atoms with E-state index in [1.807, 2.05) is 0 Å². The van der Waals surface area contributed by atoms with Gasteiger partial charge in [-0.2, -0.15) is 0 Å². The smallest absolute Gasteiger partial charge is 0.337 e. The maximum atomic E-state index is 11.2. The van der Waals surface area contributed by atoms with Crippen LogP contribution in [0.5, 0.6) is 0 Å². The fourth-order valence-electron chi connectivity index (χ4n) is 2.52. The van der Waals surface area contributed by atoms with Crippen LogP contribution in [-0.4, -0.2) is 52.9 Å². The van der Waals surface area contributed by atoms with E-state index in [-0.39, 0.29) is 11.7 Å². The monoisotopic (exact) mass is 383 g/mol. The maximum absolute atomic E-state index is 11.2. The lowest BCUT2D eigenvalue weighted by Gasteiger charge is -2.22. The Morgan fingerprint density at radius 2 is 2.39 bits per heavy atom. The van der Waals surface area contributed by atoms with Gasteiger partial charge in [-0.25, -0.2) is 9.78 Å². The second-order valence-corrected chi connectivity index (χ2v) is 6.21. The molecule has 0 spiro atoms.